The molecule has 0 bridgehead atoms. The fourth-order valence-corrected chi connectivity index (χ4v) is 2.99. The highest BCUT2D eigenvalue weighted by Gasteiger charge is 2.22. The molecule has 0 spiro atoms. The Morgan fingerprint density at radius 3 is 2.53 bits per heavy atom. The monoisotopic (exact) mass is 208 g/mol. The second-order valence-corrected chi connectivity index (χ2v) is 6.08. The van der Waals surface area contributed by atoms with Crippen molar-refractivity contribution in [2.75, 3.05) is 0 Å². The molecule has 0 aromatic rings. The van der Waals surface area contributed by atoms with E-state index in [9.17, 15) is 0 Å². The molecule has 1 rings (SSSR count). The molecule has 3 unspecified atom stereocenters. The lowest BCUT2D eigenvalue weighted by Gasteiger charge is -2.25. The van der Waals surface area contributed by atoms with Gasteiger partial charge in [0.25, 0.3) is 0 Å². The zero-order valence-electron chi connectivity index (χ0n) is 11.2. The fraction of sp³-hybridized carbons (Fsp3) is 0.867. The van der Waals surface area contributed by atoms with E-state index in [1.54, 1.807) is 5.57 Å². The van der Waals surface area contributed by atoms with Crippen molar-refractivity contribution in [2.45, 2.75) is 60.3 Å². The summed E-state index contributed by atoms with van der Waals surface area (Å²) in [6.45, 7) is 11.9. The van der Waals surface area contributed by atoms with Crippen LogP contribution >= 0.6 is 0 Å². The number of hydrogen-bond acceptors (Lipinski definition) is 0. The van der Waals surface area contributed by atoms with Crippen molar-refractivity contribution < 1.29 is 0 Å². The minimum absolute atomic E-state index is 0.841. The van der Waals surface area contributed by atoms with Crippen LogP contribution < -0.4 is 0 Å². The largest absolute Gasteiger partial charge is 0.0851 e. The van der Waals surface area contributed by atoms with E-state index in [4.69, 9.17) is 0 Å². The zero-order valence-corrected chi connectivity index (χ0v) is 11.2. The van der Waals surface area contributed by atoms with Gasteiger partial charge in [-0.3, -0.25) is 0 Å². The third-order valence-electron chi connectivity index (χ3n) is 3.93. The lowest BCUT2D eigenvalue weighted by atomic mass is 9.80. The van der Waals surface area contributed by atoms with Crippen molar-refractivity contribution in [3.05, 3.63) is 11.6 Å². The van der Waals surface area contributed by atoms with Crippen LogP contribution in [0.25, 0.3) is 0 Å². The summed E-state index contributed by atoms with van der Waals surface area (Å²) < 4.78 is 0. The molecule has 1 aliphatic carbocycles. The molecule has 0 radical (unpaired) electrons. The van der Waals surface area contributed by atoms with Gasteiger partial charge in [0.05, 0.1) is 0 Å². The summed E-state index contributed by atoms with van der Waals surface area (Å²) in [6, 6.07) is 0. The molecule has 0 nitrogen and oxygen atoms in total. The van der Waals surface area contributed by atoms with E-state index >= 15 is 0 Å². The van der Waals surface area contributed by atoms with Crippen LogP contribution in [0.2, 0.25) is 0 Å². The van der Waals surface area contributed by atoms with Gasteiger partial charge in [0.1, 0.15) is 0 Å². The van der Waals surface area contributed by atoms with Crippen LogP contribution in [0.1, 0.15) is 60.3 Å². The average molecular weight is 208 g/mol. The molecule has 0 saturated carbocycles. The lowest BCUT2D eigenvalue weighted by molar-refractivity contribution is 0.312. The van der Waals surface area contributed by atoms with E-state index in [1.165, 1.54) is 25.7 Å². The maximum Gasteiger partial charge on any atom is -0.0180 e. The first kappa shape index (κ1) is 12.8. The first-order valence-electron chi connectivity index (χ1n) is 6.67. The summed E-state index contributed by atoms with van der Waals surface area (Å²) in [6.07, 6.45) is 8.01. The van der Waals surface area contributed by atoms with Crippen molar-refractivity contribution in [3.63, 3.8) is 0 Å². The molecule has 0 fully saturated rings. The minimum atomic E-state index is 0.841. The second-order valence-electron chi connectivity index (χ2n) is 6.08. The number of allylic oxidation sites excluding steroid dienone is 2. The normalized spacial score (nSPS) is 29.9. The Morgan fingerprint density at radius 1 is 1.27 bits per heavy atom. The third-order valence-corrected chi connectivity index (χ3v) is 3.93. The second kappa shape index (κ2) is 5.72. The maximum atomic E-state index is 2.50. The average Bonchev–Trinajstić information content (AvgIpc) is 2.28. The van der Waals surface area contributed by atoms with Crippen molar-refractivity contribution in [1.82, 2.24) is 0 Å². The predicted molar refractivity (Wildman–Crippen MR) is 68.9 cm³/mol. The van der Waals surface area contributed by atoms with E-state index < -0.39 is 0 Å². The van der Waals surface area contributed by atoms with Crippen LogP contribution in [-0.4, -0.2) is 0 Å². The molecule has 0 heteroatoms. The molecule has 88 valence electrons. The summed E-state index contributed by atoms with van der Waals surface area (Å²) >= 11 is 0. The Morgan fingerprint density at radius 2 is 1.93 bits per heavy atom. The van der Waals surface area contributed by atoms with Gasteiger partial charge < -0.3 is 0 Å². The van der Waals surface area contributed by atoms with Crippen LogP contribution in [0.15, 0.2) is 11.6 Å². The third kappa shape index (κ3) is 4.01. The molecule has 0 amide bonds. The maximum absolute atomic E-state index is 2.50. The van der Waals surface area contributed by atoms with Gasteiger partial charge in [-0.1, -0.05) is 39.3 Å². The van der Waals surface area contributed by atoms with Gasteiger partial charge >= 0.3 is 0 Å². The van der Waals surface area contributed by atoms with E-state index in [0.717, 1.165) is 23.7 Å². The Kier molecular flexibility index (Phi) is 4.89. The topological polar surface area (TPSA) is 0 Å². The smallest absolute Gasteiger partial charge is 0.0180 e. The lowest BCUT2D eigenvalue weighted by Crippen LogP contribution is -2.15. The molecule has 15 heavy (non-hydrogen) atoms. The Balaban J connectivity index is 2.59. The molecule has 0 aromatic heterocycles. The van der Waals surface area contributed by atoms with E-state index in [1.807, 2.05) is 0 Å². The van der Waals surface area contributed by atoms with E-state index in [2.05, 4.69) is 40.7 Å². The molecule has 3 atom stereocenters. The van der Waals surface area contributed by atoms with Crippen LogP contribution in [0.4, 0.5) is 0 Å². The van der Waals surface area contributed by atoms with Crippen LogP contribution in [0.5, 0.6) is 0 Å². The Hall–Kier alpha value is -0.260. The van der Waals surface area contributed by atoms with Gasteiger partial charge in [0.2, 0.25) is 0 Å². The van der Waals surface area contributed by atoms with Gasteiger partial charge in [0.15, 0.2) is 0 Å². The SMILES string of the molecule is CC1=CCC(C)CCC1C(C)CC(C)C. The summed E-state index contributed by atoms with van der Waals surface area (Å²) in [5, 5.41) is 0. The van der Waals surface area contributed by atoms with Gasteiger partial charge in [-0.05, 0) is 56.3 Å². The summed E-state index contributed by atoms with van der Waals surface area (Å²) in [4.78, 5) is 0. The highest BCUT2D eigenvalue weighted by molar-refractivity contribution is 5.07. The van der Waals surface area contributed by atoms with Gasteiger partial charge in [-0.25, -0.2) is 0 Å². The molecule has 0 heterocycles. The van der Waals surface area contributed by atoms with Gasteiger partial charge in [-0.15, -0.1) is 0 Å². The van der Waals surface area contributed by atoms with E-state index in [-0.39, 0.29) is 0 Å². The molecular formula is C15H28. The summed E-state index contributed by atoms with van der Waals surface area (Å²) in [5.41, 5.74) is 1.66. The van der Waals surface area contributed by atoms with Crippen molar-refractivity contribution in [1.29, 1.82) is 0 Å². The van der Waals surface area contributed by atoms with Crippen molar-refractivity contribution in [2.24, 2.45) is 23.7 Å². The zero-order chi connectivity index (χ0) is 11.4. The number of rotatable bonds is 3. The van der Waals surface area contributed by atoms with Crippen LogP contribution in [0, 0.1) is 23.7 Å². The van der Waals surface area contributed by atoms with Gasteiger partial charge in [0, 0.05) is 0 Å². The minimum Gasteiger partial charge on any atom is -0.0851 e. The summed E-state index contributed by atoms with van der Waals surface area (Å²) in [7, 11) is 0. The molecule has 1 aliphatic rings. The van der Waals surface area contributed by atoms with Crippen LogP contribution in [-0.2, 0) is 0 Å². The molecule has 0 saturated heterocycles. The van der Waals surface area contributed by atoms with Crippen molar-refractivity contribution in [3.8, 4) is 0 Å². The summed E-state index contributed by atoms with van der Waals surface area (Å²) in [5.74, 6) is 3.47. The standard InChI is InChI=1S/C15H28/c1-11(2)10-14(5)15-9-7-12(3)6-8-13(15)4/h8,11-12,14-15H,6-7,9-10H2,1-5H3. The molecular weight excluding hydrogens is 180 g/mol. The Labute approximate surface area is 96.2 Å². The molecule has 0 aromatic carbocycles. The van der Waals surface area contributed by atoms with Crippen molar-refractivity contribution >= 4 is 0 Å². The highest BCUT2D eigenvalue weighted by Crippen LogP contribution is 2.34. The Bertz CT molecular complexity index is 212. The van der Waals surface area contributed by atoms with Crippen LogP contribution in [0.3, 0.4) is 0 Å². The highest BCUT2D eigenvalue weighted by atomic mass is 14.3. The van der Waals surface area contributed by atoms with Gasteiger partial charge in [-0.2, -0.15) is 0 Å². The fourth-order valence-electron chi connectivity index (χ4n) is 2.99. The molecule has 0 aliphatic heterocycles. The molecule has 0 N–H and O–H groups in total. The quantitative estimate of drug-likeness (QED) is 0.569. The number of hydrogen-bond donors (Lipinski definition) is 0. The van der Waals surface area contributed by atoms with E-state index in [0.29, 0.717) is 0 Å². The first-order chi connectivity index (χ1) is 7.00. The predicted octanol–water partition coefficient (Wildman–Crippen LogP) is 5.05. The first-order valence-corrected chi connectivity index (χ1v) is 6.67.